The number of aromatic hydroxyl groups is 2. The number of hydrogen-bond acceptors (Lipinski definition) is 4. The summed E-state index contributed by atoms with van der Waals surface area (Å²) in [5.41, 5.74) is 1.92. The second kappa shape index (κ2) is 2.85. The highest BCUT2D eigenvalue weighted by molar-refractivity contribution is 5.94. The molecule has 1 aromatic carbocycles. The number of phenols is 2. The first kappa shape index (κ1) is 9.15. The molecule has 0 bridgehead atoms. The molecule has 2 aliphatic heterocycles. The number of hydrogen-bond donors (Lipinski definition) is 2. The van der Waals surface area contributed by atoms with Gasteiger partial charge < -0.3 is 19.7 Å². The maximum atomic E-state index is 10.2. The van der Waals surface area contributed by atoms with Crippen molar-refractivity contribution in [3.63, 3.8) is 0 Å². The zero-order chi connectivity index (χ0) is 11.6. The van der Waals surface area contributed by atoms with Crippen molar-refractivity contribution in [2.75, 3.05) is 18.0 Å². The molecule has 1 aromatic heterocycles. The highest BCUT2D eigenvalue weighted by Crippen LogP contribution is 2.43. The fourth-order valence-corrected chi connectivity index (χ4v) is 2.67. The lowest BCUT2D eigenvalue weighted by Crippen LogP contribution is -1.94. The van der Waals surface area contributed by atoms with Gasteiger partial charge in [-0.1, -0.05) is 0 Å². The Balaban J connectivity index is 2.07. The molecule has 0 spiro atoms. The minimum atomic E-state index is 0.206. The largest absolute Gasteiger partial charge is 0.506 e. The van der Waals surface area contributed by atoms with Gasteiger partial charge in [-0.05, 0) is 6.42 Å². The number of rotatable bonds is 1. The lowest BCUT2D eigenvalue weighted by atomic mass is 10.2. The average molecular weight is 231 g/mol. The maximum Gasteiger partial charge on any atom is 0.167 e. The first-order chi connectivity index (χ1) is 8.25. The van der Waals surface area contributed by atoms with E-state index in [4.69, 9.17) is 0 Å². The van der Waals surface area contributed by atoms with Gasteiger partial charge in [-0.25, -0.2) is 4.98 Å². The SMILES string of the molecule is Oc1c(N2CC2)cc(O)c2c1nc1n2CCC1. The summed E-state index contributed by atoms with van der Waals surface area (Å²) in [4.78, 5) is 6.46. The molecule has 2 aliphatic rings. The monoisotopic (exact) mass is 231 g/mol. The number of imidazole rings is 1. The van der Waals surface area contributed by atoms with Crippen molar-refractivity contribution in [2.24, 2.45) is 0 Å². The van der Waals surface area contributed by atoms with Gasteiger partial charge in [0.2, 0.25) is 0 Å². The second-order valence-electron chi connectivity index (χ2n) is 4.73. The normalized spacial score (nSPS) is 17.8. The predicted octanol–water partition coefficient (Wildman–Crippen LogP) is 1.21. The number of anilines is 1. The van der Waals surface area contributed by atoms with E-state index >= 15 is 0 Å². The molecule has 2 N–H and O–H groups in total. The van der Waals surface area contributed by atoms with Gasteiger partial charge in [0.1, 0.15) is 22.6 Å². The standard InChI is InChI=1S/C12H13N3O2/c16-8-6-7(14-4-5-14)12(17)10-11(8)15-3-1-2-9(15)13-10/h6,16-17H,1-5H2. The van der Waals surface area contributed by atoms with Crippen LogP contribution in [0.4, 0.5) is 5.69 Å². The lowest BCUT2D eigenvalue weighted by molar-refractivity contribution is 0.468. The van der Waals surface area contributed by atoms with E-state index in [9.17, 15) is 10.2 Å². The molecule has 1 fully saturated rings. The summed E-state index contributed by atoms with van der Waals surface area (Å²) >= 11 is 0. The summed E-state index contributed by atoms with van der Waals surface area (Å²) < 4.78 is 2.01. The Morgan fingerprint density at radius 3 is 2.76 bits per heavy atom. The number of fused-ring (bicyclic) bond motifs is 3. The van der Waals surface area contributed by atoms with Crippen LogP contribution in [-0.2, 0) is 13.0 Å². The minimum absolute atomic E-state index is 0.206. The highest BCUT2D eigenvalue weighted by Gasteiger charge is 2.28. The summed E-state index contributed by atoms with van der Waals surface area (Å²) in [7, 11) is 0. The van der Waals surface area contributed by atoms with Crippen LogP contribution in [0, 0.1) is 0 Å². The summed E-state index contributed by atoms with van der Waals surface area (Å²) in [6, 6.07) is 1.65. The van der Waals surface area contributed by atoms with Gasteiger partial charge in [-0.2, -0.15) is 0 Å². The molecule has 5 heteroatoms. The van der Waals surface area contributed by atoms with Gasteiger partial charge in [-0.15, -0.1) is 0 Å². The van der Waals surface area contributed by atoms with Gasteiger partial charge in [0.05, 0.1) is 5.69 Å². The van der Waals surface area contributed by atoms with Crippen LogP contribution in [0.3, 0.4) is 0 Å². The van der Waals surface area contributed by atoms with Crippen LogP contribution in [0.15, 0.2) is 6.07 Å². The quantitative estimate of drug-likeness (QED) is 0.572. The van der Waals surface area contributed by atoms with E-state index in [1.165, 1.54) is 0 Å². The van der Waals surface area contributed by atoms with Crippen molar-refractivity contribution >= 4 is 16.7 Å². The van der Waals surface area contributed by atoms with Crippen molar-refractivity contribution in [3.8, 4) is 11.5 Å². The highest BCUT2D eigenvalue weighted by atomic mass is 16.3. The van der Waals surface area contributed by atoms with Gasteiger partial charge in [0.25, 0.3) is 0 Å². The zero-order valence-corrected chi connectivity index (χ0v) is 9.35. The average Bonchev–Trinajstić information content (AvgIpc) is 2.92. The summed E-state index contributed by atoms with van der Waals surface area (Å²) in [6.07, 6.45) is 1.99. The second-order valence-corrected chi connectivity index (χ2v) is 4.73. The molecule has 3 heterocycles. The molecule has 0 radical (unpaired) electrons. The summed E-state index contributed by atoms with van der Waals surface area (Å²) in [5.74, 6) is 1.39. The molecule has 0 amide bonds. The third-order valence-corrected chi connectivity index (χ3v) is 3.60. The van der Waals surface area contributed by atoms with Crippen molar-refractivity contribution in [2.45, 2.75) is 19.4 Å². The Morgan fingerprint density at radius 1 is 1.18 bits per heavy atom. The van der Waals surface area contributed by atoms with Crippen molar-refractivity contribution < 1.29 is 10.2 Å². The number of phenolic OH excluding ortho intramolecular Hbond substituents is 2. The Kier molecular flexibility index (Phi) is 1.54. The molecule has 88 valence electrons. The molecule has 17 heavy (non-hydrogen) atoms. The van der Waals surface area contributed by atoms with Gasteiger partial charge in [0.15, 0.2) is 5.75 Å². The van der Waals surface area contributed by atoms with E-state index < -0.39 is 0 Å². The van der Waals surface area contributed by atoms with Crippen LogP contribution in [0.5, 0.6) is 11.5 Å². The first-order valence-electron chi connectivity index (χ1n) is 5.94. The van der Waals surface area contributed by atoms with Crippen molar-refractivity contribution in [3.05, 3.63) is 11.9 Å². The smallest absolute Gasteiger partial charge is 0.167 e. The Morgan fingerprint density at radius 2 is 2.00 bits per heavy atom. The zero-order valence-electron chi connectivity index (χ0n) is 9.35. The Bertz CT molecular complexity index is 628. The molecular formula is C12H13N3O2. The van der Waals surface area contributed by atoms with Crippen molar-refractivity contribution in [1.29, 1.82) is 0 Å². The third-order valence-electron chi connectivity index (χ3n) is 3.60. The number of aryl methyl sites for hydroxylation is 2. The molecule has 0 atom stereocenters. The lowest BCUT2D eigenvalue weighted by Gasteiger charge is -2.09. The molecule has 2 aromatic rings. The Labute approximate surface area is 97.9 Å². The fourth-order valence-electron chi connectivity index (χ4n) is 2.67. The first-order valence-corrected chi connectivity index (χ1v) is 5.94. The number of aromatic nitrogens is 2. The molecule has 5 nitrogen and oxygen atoms in total. The minimum Gasteiger partial charge on any atom is -0.506 e. The fraction of sp³-hybridized carbons (Fsp3) is 0.417. The van der Waals surface area contributed by atoms with Crippen LogP contribution < -0.4 is 4.90 Å². The third kappa shape index (κ3) is 1.11. The van der Waals surface area contributed by atoms with Crippen LogP contribution in [-0.4, -0.2) is 32.9 Å². The van der Waals surface area contributed by atoms with Gasteiger partial charge >= 0.3 is 0 Å². The van der Waals surface area contributed by atoms with Crippen LogP contribution in [0.2, 0.25) is 0 Å². The van der Waals surface area contributed by atoms with E-state index in [0.717, 1.165) is 38.3 Å². The van der Waals surface area contributed by atoms with Crippen LogP contribution in [0.25, 0.3) is 11.0 Å². The molecular weight excluding hydrogens is 218 g/mol. The van der Waals surface area contributed by atoms with Crippen LogP contribution >= 0.6 is 0 Å². The number of benzene rings is 1. The molecule has 0 unspecified atom stereocenters. The van der Waals surface area contributed by atoms with Crippen molar-refractivity contribution in [1.82, 2.24) is 9.55 Å². The predicted molar refractivity (Wildman–Crippen MR) is 63.6 cm³/mol. The topological polar surface area (TPSA) is 61.3 Å². The molecule has 0 aliphatic carbocycles. The van der Waals surface area contributed by atoms with Crippen LogP contribution in [0.1, 0.15) is 12.2 Å². The van der Waals surface area contributed by atoms with Gasteiger partial charge in [-0.3, -0.25) is 0 Å². The molecule has 0 saturated carbocycles. The maximum absolute atomic E-state index is 10.2. The summed E-state index contributed by atoms with van der Waals surface area (Å²) in [6.45, 7) is 2.75. The van der Waals surface area contributed by atoms with E-state index in [0.29, 0.717) is 16.7 Å². The van der Waals surface area contributed by atoms with E-state index in [1.807, 2.05) is 9.47 Å². The Hall–Kier alpha value is -1.91. The summed E-state index contributed by atoms with van der Waals surface area (Å²) in [5, 5.41) is 20.3. The van der Waals surface area contributed by atoms with Gasteiger partial charge in [0, 0.05) is 32.1 Å². The van der Waals surface area contributed by atoms with E-state index in [-0.39, 0.29) is 11.5 Å². The van der Waals surface area contributed by atoms with E-state index in [2.05, 4.69) is 4.98 Å². The molecule has 4 rings (SSSR count). The van der Waals surface area contributed by atoms with E-state index in [1.54, 1.807) is 6.07 Å². The molecule has 1 saturated heterocycles. The number of nitrogens with zero attached hydrogens (tertiary/aromatic N) is 3.